The molecule has 0 radical (unpaired) electrons. The van der Waals surface area contributed by atoms with Gasteiger partial charge in [0.15, 0.2) is 0 Å². The van der Waals surface area contributed by atoms with Gasteiger partial charge in [0.1, 0.15) is 17.3 Å². The first kappa shape index (κ1) is 22.7. The van der Waals surface area contributed by atoms with Crippen molar-refractivity contribution in [2.24, 2.45) is 5.41 Å². The Morgan fingerprint density at radius 1 is 1.00 bits per heavy atom. The van der Waals surface area contributed by atoms with E-state index in [1.165, 1.54) is 12.1 Å². The van der Waals surface area contributed by atoms with Crippen LogP contribution in [0.15, 0.2) is 12.1 Å². The highest BCUT2D eigenvalue weighted by Gasteiger charge is 2.55. The van der Waals surface area contributed by atoms with Gasteiger partial charge in [0.25, 0.3) is 0 Å². The average molecular weight is 465 g/mol. The molecule has 1 aromatic rings. The van der Waals surface area contributed by atoms with Crippen LogP contribution in [0.2, 0.25) is 0 Å². The van der Waals surface area contributed by atoms with Gasteiger partial charge in [0, 0.05) is 50.4 Å². The molecule has 1 spiro atoms. The number of imide groups is 1. The summed E-state index contributed by atoms with van der Waals surface area (Å²) in [7, 11) is 0. The molecular weight excluding hydrogens is 433 g/mol. The fourth-order valence-electron chi connectivity index (χ4n) is 6.34. The normalized spacial score (nSPS) is 27.4. The van der Waals surface area contributed by atoms with E-state index >= 15 is 4.39 Å². The molecule has 1 aromatic carbocycles. The molecule has 1 saturated carbocycles. The fraction of sp³-hybridized carbons (Fsp3) is 0.667. The molecule has 5 rings (SSSR count). The Hall–Kier alpha value is -2.13. The fourth-order valence-corrected chi connectivity index (χ4v) is 6.34. The van der Waals surface area contributed by atoms with Gasteiger partial charge >= 0.3 is 0 Å². The third-order valence-electron chi connectivity index (χ3n) is 7.94. The van der Waals surface area contributed by atoms with Crippen LogP contribution in [0.5, 0.6) is 0 Å². The zero-order valence-corrected chi connectivity index (χ0v) is 18.8. The van der Waals surface area contributed by atoms with Crippen molar-refractivity contribution in [3.8, 4) is 0 Å². The van der Waals surface area contributed by atoms with Crippen molar-refractivity contribution >= 4 is 17.5 Å². The third kappa shape index (κ3) is 4.49. The number of piperazine rings is 1. The number of benzene rings is 1. The molecule has 6 nitrogen and oxygen atoms in total. The summed E-state index contributed by atoms with van der Waals surface area (Å²) in [5.74, 6) is -3.62. The molecule has 33 heavy (non-hydrogen) atoms. The number of halogens is 3. The van der Waals surface area contributed by atoms with Crippen LogP contribution in [0.25, 0.3) is 0 Å². The second-order valence-corrected chi connectivity index (χ2v) is 10.3. The first-order valence-corrected chi connectivity index (χ1v) is 12.0. The number of hydrogen-bond donors (Lipinski definition) is 2. The van der Waals surface area contributed by atoms with Gasteiger partial charge < -0.3 is 10.2 Å². The van der Waals surface area contributed by atoms with Crippen LogP contribution >= 0.6 is 0 Å². The van der Waals surface area contributed by atoms with Crippen LogP contribution in [0.1, 0.15) is 50.0 Å². The van der Waals surface area contributed by atoms with E-state index in [0.717, 1.165) is 25.9 Å². The Morgan fingerprint density at radius 2 is 1.64 bits per heavy atom. The van der Waals surface area contributed by atoms with Crippen LogP contribution in [0.3, 0.4) is 0 Å². The minimum absolute atomic E-state index is 0.0626. The van der Waals surface area contributed by atoms with Crippen molar-refractivity contribution in [2.75, 3.05) is 50.7 Å². The SMILES string of the molecule is O=C1CCC(c2c(F)cc(N3CCN(CC4(F)CC5(CCNCC5)C4)CC3)cc2F)C(=O)N1. The smallest absolute Gasteiger partial charge is 0.234 e. The minimum Gasteiger partial charge on any atom is -0.369 e. The number of piperidine rings is 2. The van der Waals surface area contributed by atoms with Crippen molar-refractivity contribution in [1.29, 1.82) is 0 Å². The van der Waals surface area contributed by atoms with Crippen molar-refractivity contribution in [1.82, 2.24) is 15.5 Å². The quantitative estimate of drug-likeness (QED) is 0.671. The number of amides is 2. The first-order chi connectivity index (χ1) is 15.8. The van der Waals surface area contributed by atoms with E-state index in [1.54, 1.807) is 0 Å². The molecule has 4 aliphatic rings. The first-order valence-electron chi connectivity index (χ1n) is 12.0. The maximum absolute atomic E-state index is 15.3. The maximum atomic E-state index is 15.3. The summed E-state index contributed by atoms with van der Waals surface area (Å²) < 4.78 is 45.0. The number of hydrogen-bond acceptors (Lipinski definition) is 5. The van der Waals surface area contributed by atoms with E-state index in [9.17, 15) is 18.4 Å². The second kappa shape index (κ2) is 8.58. The molecule has 2 N–H and O–H groups in total. The molecule has 3 heterocycles. The van der Waals surface area contributed by atoms with E-state index < -0.39 is 35.0 Å². The maximum Gasteiger partial charge on any atom is 0.234 e. The predicted molar refractivity (Wildman–Crippen MR) is 118 cm³/mol. The second-order valence-electron chi connectivity index (χ2n) is 10.3. The molecular formula is C24H31F3N4O2. The Kier molecular flexibility index (Phi) is 5.89. The number of carbonyl (C=O) groups excluding carboxylic acids is 2. The molecule has 0 aromatic heterocycles. The number of anilines is 1. The molecule has 2 amide bonds. The molecule has 3 saturated heterocycles. The summed E-state index contributed by atoms with van der Waals surface area (Å²) in [5, 5.41) is 5.50. The summed E-state index contributed by atoms with van der Waals surface area (Å²) in [6.07, 6.45) is 3.55. The lowest BCUT2D eigenvalue weighted by Gasteiger charge is -2.55. The van der Waals surface area contributed by atoms with E-state index in [0.29, 0.717) is 51.3 Å². The topological polar surface area (TPSA) is 64.7 Å². The number of nitrogens with zero attached hydrogens (tertiary/aromatic N) is 2. The summed E-state index contributed by atoms with van der Waals surface area (Å²) in [6, 6.07) is 2.53. The van der Waals surface area contributed by atoms with Crippen LogP contribution < -0.4 is 15.5 Å². The van der Waals surface area contributed by atoms with E-state index in [-0.39, 0.29) is 23.8 Å². The Labute approximate surface area is 191 Å². The number of rotatable bonds is 4. The van der Waals surface area contributed by atoms with Gasteiger partial charge in [-0.2, -0.15) is 0 Å². The minimum atomic E-state index is -1.12. The van der Waals surface area contributed by atoms with E-state index in [2.05, 4.69) is 15.5 Å². The molecule has 9 heteroatoms. The van der Waals surface area contributed by atoms with Crippen molar-refractivity contribution in [3.05, 3.63) is 29.3 Å². The van der Waals surface area contributed by atoms with Crippen LogP contribution in [-0.4, -0.2) is 68.2 Å². The van der Waals surface area contributed by atoms with Gasteiger partial charge in [0.05, 0.1) is 5.92 Å². The Morgan fingerprint density at radius 3 is 2.24 bits per heavy atom. The van der Waals surface area contributed by atoms with Gasteiger partial charge in [-0.05, 0) is 62.7 Å². The van der Waals surface area contributed by atoms with Crippen molar-refractivity contribution in [3.63, 3.8) is 0 Å². The highest BCUT2D eigenvalue weighted by Crippen LogP contribution is 2.56. The lowest BCUT2D eigenvalue weighted by Crippen LogP contribution is -2.59. The van der Waals surface area contributed by atoms with Gasteiger partial charge in [0.2, 0.25) is 11.8 Å². The standard InChI is InChI=1S/C24H31F3N4O2/c25-18-11-16(12-19(26)21(18)17-1-2-20(32)29-22(17)33)31-9-7-30(8-10-31)15-24(27)13-23(14-24)3-5-28-6-4-23/h11-12,17,28H,1-10,13-15H2,(H,29,32,33). The molecule has 3 aliphatic heterocycles. The monoisotopic (exact) mass is 464 g/mol. The molecule has 1 atom stereocenters. The van der Waals surface area contributed by atoms with Crippen LogP contribution in [-0.2, 0) is 9.59 Å². The zero-order valence-electron chi connectivity index (χ0n) is 18.8. The number of carbonyl (C=O) groups is 2. The molecule has 1 unspecified atom stereocenters. The summed E-state index contributed by atoms with van der Waals surface area (Å²) in [4.78, 5) is 27.4. The van der Waals surface area contributed by atoms with Gasteiger partial charge in [-0.25, -0.2) is 13.2 Å². The van der Waals surface area contributed by atoms with Crippen molar-refractivity contribution < 1.29 is 22.8 Å². The zero-order chi connectivity index (χ0) is 23.2. The Bertz CT molecular complexity index is 911. The van der Waals surface area contributed by atoms with Gasteiger partial charge in [-0.3, -0.25) is 19.8 Å². The number of alkyl halides is 1. The highest BCUT2D eigenvalue weighted by molar-refractivity contribution is 6.01. The third-order valence-corrected chi connectivity index (χ3v) is 7.94. The predicted octanol–water partition coefficient (Wildman–Crippen LogP) is 2.48. The van der Waals surface area contributed by atoms with E-state index in [4.69, 9.17) is 0 Å². The molecule has 1 aliphatic carbocycles. The lowest BCUT2D eigenvalue weighted by atomic mass is 9.56. The highest BCUT2D eigenvalue weighted by atomic mass is 19.1. The van der Waals surface area contributed by atoms with Crippen molar-refractivity contribution in [2.45, 2.75) is 50.1 Å². The summed E-state index contributed by atoms with van der Waals surface area (Å²) in [6.45, 7) is 4.77. The van der Waals surface area contributed by atoms with E-state index in [1.807, 2.05) is 4.90 Å². The van der Waals surface area contributed by atoms with Crippen LogP contribution in [0, 0.1) is 17.0 Å². The van der Waals surface area contributed by atoms with Gasteiger partial charge in [-0.15, -0.1) is 0 Å². The van der Waals surface area contributed by atoms with Crippen LogP contribution in [0.4, 0.5) is 18.9 Å². The average Bonchev–Trinajstić information content (AvgIpc) is 2.75. The molecule has 0 bridgehead atoms. The number of nitrogens with one attached hydrogen (secondary N) is 2. The molecule has 180 valence electrons. The Balaban J connectivity index is 1.18. The molecule has 4 fully saturated rings. The lowest BCUT2D eigenvalue weighted by molar-refractivity contribution is -0.134. The van der Waals surface area contributed by atoms with Gasteiger partial charge in [-0.1, -0.05) is 0 Å². The largest absolute Gasteiger partial charge is 0.369 e. The summed E-state index contributed by atoms with van der Waals surface area (Å²) >= 11 is 0. The summed E-state index contributed by atoms with van der Waals surface area (Å²) in [5.41, 5.74) is -0.797.